The molecule has 1 aromatic carbocycles. The van der Waals surface area contributed by atoms with Gasteiger partial charge in [0.2, 0.25) is 5.76 Å². The van der Waals surface area contributed by atoms with Crippen LogP contribution in [0.4, 0.5) is 5.69 Å². The van der Waals surface area contributed by atoms with E-state index in [1.54, 1.807) is 18.2 Å². The molecule has 0 fully saturated rings. The fourth-order valence-electron chi connectivity index (χ4n) is 1.32. The zero-order valence-electron chi connectivity index (χ0n) is 8.08. The van der Waals surface area contributed by atoms with Gasteiger partial charge in [0.15, 0.2) is 0 Å². The second-order valence-electron chi connectivity index (χ2n) is 3.11. The Kier molecular flexibility index (Phi) is 2.51. The van der Waals surface area contributed by atoms with Crippen molar-refractivity contribution < 1.29 is 14.3 Å². The number of nitrogens with zero attached hydrogens (tertiary/aromatic N) is 1. The number of benzene rings is 1. The van der Waals surface area contributed by atoms with Crippen LogP contribution in [-0.2, 0) is 0 Å². The van der Waals surface area contributed by atoms with E-state index in [-0.39, 0.29) is 11.4 Å². The lowest BCUT2D eigenvalue weighted by atomic mass is 10.1. The summed E-state index contributed by atoms with van der Waals surface area (Å²) in [6.07, 6.45) is 0. The van der Waals surface area contributed by atoms with Gasteiger partial charge in [0.1, 0.15) is 11.4 Å². The van der Waals surface area contributed by atoms with Crippen LogP contribution in [0.2, 0.25) is 0 Å². The van der Waals surface area contributed by atoms with Gasteiger partial charge in [-0.1, -0.05) is 12.1 Å². The molecule has 80 valence electrons. The van der Waals surface area contributed by atoms with Gasteiger partial charge in [0.05, 0.1) is 0 Å². The van der Waals surface area contributed by atoms with E-state index in [9.17, 15) is 9.70 Å². The number of furan rings is 1. The Labute approximate surface area is 90.3 Å². The summed E-state index contributed by atoms with van der Waals surface area (Å²) in [4.78, 5) is 20.9. The topological polar surface area (TPSA) is 79.9 Å². The first-order valence-corrected chi connectivity index (χ1v) is 4.47. The van der Waals surface area contributed by atoms with Gasteiger partial charge < -0.3 is 9.52 Å². The summed E-state index contributed by atoms with van der Waals surface area (Å²) in [5.74, 6) is -0.877. The first kappa shape index (κ1) is 10.1. The molecule has 0 atom stereocenters. The van der Waals surface area contributed by atoms with Crippen molar-refractivity contribution in [2.45, 2.75) is 0 Å². The van der Waals surface area contributed by atoms with Crippen LogP contribution in [0.25, 0.3) is 11.3 Å². The second kappa shape index (κ2) is 3.98. The molecular weight excluding hydrogens is 210 g/mol. The molecule has 0 bridgehead atoms. The average molecular weight is 217 g/mol. The molecule has 0 saturated heterocycles. The van der Waals surface area contributed by atoms with Crippen molar-refractivity contribution in [2.24, 2.45) is 5.18 Å². The highest BCUT2D eigenvalue weighted by Gasteiger charge is 2.10. The molecule has 2 rings (SSSR count). The normalized spacial score (nSPS) is 10.0. The smallest absolute Gasteiger partial charge is 0.371 e. The Morgan fingerprint density at radius 1 is 1.25 bits per heavy atom. The third-order valence-electron chi connectivity index (χ3n) is 2.05. The van der Waals surface area contributed by atoms with E-state index in [0.29, 0.717) is 11.3 Å². The van der Waals surface area contributed by atoms with Crippen LogP contribution in [0.3, 0.4) is 0 Å². The van der Waals surface area contributed by atoms with Crippen LogP contribution in [0.1, 0.15) is 10.6 Å². The molecule has 1 aromatic heterocycles. The van der Waals surface area contributed by atoms with E-state index >= 15 is 0 Å². The molecule has 5 heteroatoms. The second-order valence-corrected chi connectivity index (χ2v) is 3.11. The third-order valence-corrected chi connectivity index (χ3v) is 2.05. The Morgan fingerprint density at radius 3 is 2.69 bits per heavy atom. The Morgan fingerprint density at radius 2 is 2.06 bits per heavy atom. The Hall–Kier alpha value is -2.43. The van der Waals surface area contributed by atoms with Crippen LogP contribution in [0.5, 0.6) is 0 Å². The quantitative estimate of drug-likeness (QED) is 0.801. The maximum absolute atomic E-state index is 10.6. The first-order valence-electron chi connectivity index (χ1n) is 4.47. The van der Waals surface area contributed by atoms with E-state index < -0.39 is 5.97 Å². The summed E-state index contributed by atoms with van der Waals surface area (Å²) < 4.78 is 5.09. The third kappa shape index (κ3) is 1.83. The molecule has 0 aliphatic heterocycles. The molecule has 0 amide bonds. The van der Waals surface area contributed by atoms with E-state index in [4.69, 9.17) is 9.52 Å². The van der Waals surface area contributed by atoms with Gasteiger partial charge in [0.25, 0.3) is 0 Å². The van der Waals surface area contributed by atoms with Gasteiger partial charge in [-0.15, -0.1) is 4.91 Å². The number of nitroso groups, excluding NO2 is 1. The predicted octanol–water partition coefficient (Wildman–Crippen LogP) is 3.04. The lowest BCUT2D eigenvalue weighted by Gasteiger charge is -1.96. The summed E-state index contributed by atoms with van der Waals surface area (Å²) in [5.41, 5.74) is 0.885. The number of carboxylic acids is 1. The summed E-state index contributed by atoms with van der Waals surface area (Å²) in [7, 11) is 0. The van der Waals surface area contributed by atoms with Crippen molar-refractivity contribution in [1.29, 1.82) is 0 Å². The molecule has 0 unspecified atom stereocenters. The van der Waals surface area contributed by atoms with E-state index in [2.05, 4.69) is 5.18 Å². The van der Waals surface area contributed by atoms with Gasteiger partial charge in [-0.25, -0.2) is 4.79 Å². The maximum atomic E-state index is 10.6. The van der Waals surface area contributed by atoms with Gasteiger partial charge in [0, 0.05) is 5.56 Å². The monoisotopic (exact) mass is 217 g/mol. The molecule has 0 aliphatic rings. The standard InChI is InChI=1S/C11H7NO4/c13-11(14)10-5-4-9(16-10)7-2-1-3-8(6-7)12-15/h1-6H,(H,13,14). The van der Waals surface area contributed by atoms with Gasteiger partial charge in [-0.05, 0) is 29.4 Å². The molecule has 5 nitrogen and oxygen atoms in total. The van der Waals surface area contributed by atoms with Crippen LogP contribution in [-0.4, -0.2) is 11.1 Å². The Bertz CT molecular complexity index is 544. The lowest BCUT2D eigenvalue weighted by molar-refractivity contribution is 0.0663. The van der Waals surface area contributed by atoms with Crippen LogP contribution in [0.15, 0.2) is 46.0 Å². The minimum Gasteiger partial charge on any atom is -0.475 e. The van der Waals surface area contributed by atoms with Gasteiger partial charge in [-0.2, -0.15) is 0 Å². The van der Waals surface area contributed by atoms with Crippen molar-refractivity contribution in [3.8, 4) is 11.3 Å². The summed E-state index contributed by atoms with van der Waals surface area (Å²) in [5, 5.41) is 11.5. The molecule has 0 saturated carbocycles. The van der Waals surface area contributed by atoms with E-state index in [1.807, 2.05) is 0 Å². The lowest BCUT2D eigenvalue weighted by Crippen LogP contribution is -1.91. The first-order chi connectivity index (χ1) is 7.70. The highest BCUT2D eigenvalue weighted by atomic mass is 16.4. The average Bonchev–Trinajstić information content (AvgIpc) is 2.78. The van der Waals surface area contributed by atoms with Gasteiger partial charge >= 0.3 is 5.97 Å². The molecule has 1 heterocycles. The zero-order chi connectivity index (χ0) is 11.5. The zero-order valence-corrected chi connectivity index (χ0v) is 8.08. The minimum atomic E-state index is -1.13. The minimum absolute atomic E-state index is 0.139. The molecule has 0 radical (unpaired) electrons. The number of carboxylic acid groups (broad SMARTS) is 1. The van der Waals surface area contributed by atoms with Gasteiger partial charge in [-0.3, -0.25) is 0 Å². The SMILES string of the molecule is O=Nc1cccc(-c2ccc(C(=O)O)o2)c1. The van der Waals surface area contributed by atoms with Crippen molar-refractivity contribution >= 4 is 11.7 Å². The highest BCUT2D eigenvalue weighted by Crippen LogP contribution is 2.25. The van der Waals surface area contributed by atoms with Crippen molar-refractivity contribution in [1.82, 2.24) is 0 Å². The number of aromatic carboxylic acids is 1. The molecule has 1 N–H and O–H groups in total. The highest BCUT2D eigenvalue weighted by molar-refractivity contribution is 5.85. The Balaban J connectivity index is 2.42. The molecule has 0 spiro atoms. The summed E-state index contributed by atoms with van der Waals surface area (Å²) in [6.45, 7) is 0. The van der Waals surface area contributed by atoms with Crippen molar-refractivity contribution in [2.75, 3.05) is 0 Å². The molecule has 16 heavy (non-hydrogen) atoms. The molecule has 0 aliphatic carbocycles. The van der Waals surface area contributed by atoms with Crippen LogP contribution >= 0.6 is 0 Å². The van der Waals surface area contributed by atoms with Crippen molar-refractivity contribution in [3.63, 3.8) is 0 Å². The van der Waals surface area contributed by atoms with E-state index in [0.717, 1.165) is 0 Å². The van der Waals surface area contributed by atoms with Crippen LogP contribution in [0, 0.1) is 4.91 Å². The number of hydrogen-bond acceptors (Lipinski definition) is 4. The maximum Gasteiger partial charge on any atom is 0.371 e. The summed E-state index contributed by atoms with van der Waals surface area (Å²) in [6, 6.07) is 9.33. The number of carbonyl (C=O) groups is 1. The fourth-order valence-corrected chi connectivity index (χ4v) is 1.32. The molecule has 2 aromatic rings. The fraction of sp³-hybridized carbons (Fsp3) is 0. The number of hydrogen-bond donors (Lipinski definition) is 1. The largest absolute Gasteiger partial charge is 0.475 e. The number of rotatable bonds is 3. The van der Waals surface area contributed by atoms with E-state index in [1.165, 1.54) is 18.2 Å². The molecular formula is C11H7NO4. The predicted molar refractivity (Wildman–Crippen MR) is 56.6 cm³/mol. The van der Waals surface area contributed by atoms with Crippen molar-refractivity contribution in [3.05, 3.63) is 47.1 Å². The summed E-state index contributed by atoms with van der Waals surface area (Å²) >= 11 is 0. The van der Waals surface area contributed by atoms with Crippen LogP contribution < -0.4 is 0 Å².